The van der Waals surface area contributed by atoms with Crippen LogP contribution in [-0.2, 0) is 9.53 Å². The van der Waals surface area contributed by atoms with Crippen molar-refractivity contribution in [2.45, 2.75) is 46.5 Å². The molecule has 1 aromatic rings. The Morgan fingerprint density at radius 2 is 2.00 bits per heavy atom. The molecule has 0 aliphatic rings. The molecule has 5 nitrogen and oxygen atoms in total. The van der Waals surface area contributed by atoms with E-state index < -0.39 is 5.97 Å². The fourth-order valence-electron chi connectivity index (χ4n) is 2.20. The van der Waals surface area contributed by atoms with Crippen molar-refractivity contribution in [2.24, 2.45) is 5.92 Å². The van der Waals surface area contributed by atoms with Gasteiger partial charge in [0.05, 0.1) is 6.61 Å². The second-order valence-corrected chi connectivity index (χ2v) is 5.19. The first-order valence-electron chi connectivity index (χ1n) is 7.84. The van der Waals surface area contributed by atoms with Crippen molar-refractivity contribution in [3.05, 3.63) is 23.8 Å². The number of rotatable bonds is 8. The molecule has 0 aromatic heterocycles. The number of benzene rings is 1. The molecule has 1 aromatic carbocycles. The Morgan fingerprint density at radius 3 is 2.59 bits per heavy atom. The van der Waals surface area contributed by atoms with Crippen LogP contribution in [0.2, 0.25) is 0 Å². The Labute approximate surface area is 131 Å². The number of phenolic OH excluding ortho intramolecular Hbond substituents is 1. The molecular weight excluding hydrogens is 282 g/mol. The van der Waals surface area contributed by atoms with Gasteiger partial charge in [-0.25, -0.2) is 4.79 Å². The van der Waals surface area contributed by atoms with Crippen LogP contribution in [-0.4, -0.2) is 23.6 Å². The van der Waals surface area contributed by atoms with E-state index in [-0.39, 0.29) is 29.7 Å². The SMILES string of the molecule is CCCC[C@@H](CC)C(=O)Nc1ccc(O)c(C(=O)OCC)c1. The summed E-state index contributed by atoms with van der Waals surface area (Å²) in [6.07, 6.45) is 3.68. The second kappa shape index (κ2) is 9.07. The molecule has 2 N–H and O–H groups in total. The number of ether oxygens (including phenoxy) is 1. The van der Waals surface area contributed by atoms with Gasteiger partial charge < -0.3 is 15.2 Å². The van der Waals surface area contributed by atoms with Gasteiger partial charge in [-0.2, -0.15) is 0 Å². The predicted octanol–water partition coefficient (Wildman–Crippen LogP) is 3.72. The number of nitrogens with one attached hydrogen (secondary N) is 1. The highest BCUT2D eigenvalue weighted by Crippen LogP contribution is 2.23. The lowest BCUT2D eigenvalue weighted by atomic mass is 9.98. The number of unbranched alkanes of at least 4 members (excludes halogenated alkanes) is 1. The summed E-state index contributed by atoms with van der Waals surface area (Å²) in [6, 6.07) is 4.40. The molecule has 1 amide bonds. The summed E-state index contributed by atoms with van der Waals surface area (Å²) in [5.74, 6) is -0.861. The van der Waals surface area contributed by atoms with Crippen LogP contribution in [0, 0.1) is 5.92 Å². The summed E-state index contributed by atoms with van der Waals surface area (Å²) >= 11 is 0. The smallest absolute Gasteiger partial charge is 0.341 e. The average Bonchev–Trinajstić information content (AvgIpc) is 2.50. The van der Waals surface area contributed by atoms with E-state index >= 15 is 0 Å². The van der Waals surface area contributed by atoms with Gasteiger partial charge in [0.25, 0.3) is 0 Å². The van der Waals surface area contributed by atoms with E-state index in [1.54, 1.807) is 13.0 Å². The highest BCUT2D eigenvalue weighted by Gasteiger charge is 2.18. The Morgan fingerprint density at radius 1 is 1.27 bits per heavy atom. The maximum Gasteiger partial charge on any atom is 0.341 e. The molecule has 0 saturated heterocycles. The van der Waals surface area contributed by atoms with E-state index in [1.807, 2.05) is 6.92 Å². The van der Waals surface area contributed by atoms with E-state index in [0.717, 1.165) is 25.7 Å². The maximum atomic E-state index is 12.3. The van der Waals surface area contributed by atoms with Crippen LogP contribution < -0.4 is 5.32 Å². The molecular formula is C17H25NO4. The van der Waals surface area contributed by atoms with Crippen LogP contribution in [0.3, 0.4) is 0 Å². The molecule has 5 heteroatoms. The molecule has 0 fully saturated rings. The minimum Gasteiger partial charge on any atom is -0.507 e. The minimum absolute atomic E-state index is 0.0419. The topological polar surface area (TPSA) is 75.6 Å². The number of aromatic hydroxyl groups is 1. The first-order chi connectivity index (χ1) is 10.5. The molecule has 0 spiro atoms. The Bertz CT molecular complexity index is 513. The molecule has 22 heavy (non-hydrogen) atoms. The third-order valence-corrected chi connectivity index (χ3v) is 3.53. The summed E-state index contributed by atoms with van der Waals surface area (Å²) in [7, 11) is 0. The molecule has 0 aliphatic heterocycles. The number of hydrogen-bond acceptors (Lipinski definition) is 4. The summed E-state index contributed by atoms with van der Waals surface area (Å²) in [4.78, 5) is 24.0. The van der Waals surface area contributed by atoms with Gasteiger partial charge >= 0.3 is 5.97 Å². The number of carbonyl (C=O) groups excluding carboxylic acids is 2. The average molecular weight is 307 g/mol. The molecule has 0 heterocycles. The third-order valence-electron chi connectivity index (χ3n) is 3.53. The van der Waals surface area contributed by atoms with Crippen LogP contribution in [0.25, 0.3) is 0 Å². The Kier molecular flexibility index (Phi) is 7.43. The van der Waals surface area contributed by atoms with Crippen LogP contribution >= 0.6 is 0 Å². The summed E-state index contributed by atoms with van der Waals surface area (Å²) in [5.41, 5.74) is 0.544. The first kappa shape index (κ1) is 18.0. The van der Waals surface area contributed by atoms with Crippen molar-refractivity contribution in [1.82, 2.24) is 0 Å². The monoisotopic (exact) mass is 307 g/mol. The van der Waals surface area contributed by atoms with Crippen LogP contribution in [0.15, 0.2) is 18.2 Å². The number of hydrogen-bond donors (Lipinski definition) is 2. The zero-order valence-electron chi connectivity index (χ0n) is 13.5. The number of phenols is 1. The zero-order valence-corrected chi connectivity index (χ0v) is 13.5. The largest absolute Gasteiger partial charge is 0.507 e. The standard InChI is InChI=1S/C17H25NO4/c1-4-7-8-12(5-2)16(20)18-13-9-10-15(19)14(11-13)17(21)22-6-3/h9-12,19H,4-8H2,1-3H3,(H,18,20)/t12-/m1/s1. The van der Waals surface area contributed by atoms with Crippen molar-refractivity contribution >= 4 is 17.6 Å². The molecule has 0 bridgehead atoms. The van der Waals surface area contributed by atoms with Crippen molar-refractivity contribution in [2.75, 3.05) is 11.9 Å². The molecule has 1 rings (SSSR count). The Hall–Kier alpha value is -2.04. The van der Waals surface area contributed by atoms with Crippen LogP contribution in [0.1, 0.15) is 56.8 Å². The normalized spacial score (nSPS) is 11.8. The molecule has 0 saturated carbocycles. The van der Waals surface area contributed by atoms with Gasteiger partial charge in [0, 0.05) is 11.6 Å². The van der Waals surface area contributed by atoms with Gasteiger partial charge in [0.1, 0.15) is 11.3 Å². The van der Waals surface area contributed by atoms with Crippen molar-refractivity contribution in [1.29, 1.82) is 0 Å². The van der Waals surface area contributed by atoms with Crippen molar-refractivity contribution in [3.8, 4) is 5.75 Å². The van der Waals surface area contributed by atoms with Crippen LogP contribution in [0.5, 0.6) is 5.75 Å². The quantitative estimate of drug-likeness (QED) is 0.567. The highest BCUT2D eigenvalue weighted by atomic mass is 16.5. The Balaban J connectivity index is 2.82. The molecule has 1 atom stereocenters. The lowest BCUT2D eigenvalue weighted by Gasteiger charge is -2.15. The highest BCUT2D eigenvalue weighted by molar-refractivity contribution is 5.97. The van der Waals surface area contributed by atoms with Gasteiger partial charge in [-0.1, -0.05) is 26.7 Å². The summed E-state index contributed by atoms with van der Waals surface area (Å²) < 4.78 is 4.88. The van der Waals surface area contributed by atoms with Crippen molar-refractivity contribution < 1.29 is 19.4 Å². The summed E-state index contributed by atoms with van der Waals surface area (Å²) in [5, 5.41) is 12.5. The summed E-state index contributed by atoms with van der Waals surface area (Å²) in [6.45, 7) is 6.00. The third kappa shape index (κ3) is 5.06. The number of esters is 1. The maximum absolute atomic E-state index is 12.3. The molecule has 0 aliphatic carbocycles. The fraction of sp³-hybridized carbons (Fsp3) is 0.529. The van der Waals surface area contributed by atoms with Gasteiger partial charge in [0.15, 0.2) is 0 Å². The van der Waals surface area contributed by atoms with E-state index in [1.165, 1.54) is 12.1 Å². The number of carbonyl (C=O) groups is 2. The van der Waals surface area contributed by atoms with Gasteiger partial charge in [-0.05, 0) is 38.0 Å². The zero-order chi connectivity index (χ0) is 16.5. The second-order valence-electron chi connectivity index (χ2n) is 5.19. The molecule has 0 unspecified atom stereocenters. The minimum atomic E-state index is -0.603. The first-order valence-corrected chi connectivity index (χ1v) is 7.84. The van der Waals surface area contributed by atoms with Gasteiger partial charge in [-0.15, -0.1) is 0 Å². The van der Waals surface area contributed by atoms with E-state index in [0.29, 0.717) is 5.69 Å². The van der Waals surface area contributed by atoms with Gasteiger partial charge in [-0.3, -0.25) is 4.79 Å². The molecule has 0 radical (unpaired) electrons. The van der Waals surface area contributed by atoms with E-state index in [2.05, 4.69) is 12.2 Å². The van der Waals surface area contributed by atoms with Crippen molar-refractivity contribution in [3.63, 3.8) is 0 Å². The van der Waals surface area contributed by atoms with Crippen LogP contribution in [0.4, 0.5) is 5.69 Å². The predicted molar refractivity (Wildman–Crippen MR) is 86.0 cm³/mol. The number of anilines is 1. The van der Waals surface area contributed by atoms with Gasteiger partial charge in [0.2, 0.25) is 5.91 Å². The van der Waals surface area contributed by atoms with E-state index in [9.17, 15) is 14.7 Å². The fourth-order valence-corrected chi connectivity index (χ4v) is 2.20. The number of amides is 1. The van der Waals surface area contributed by atoms with E-state index in [4.69, 9.17) is 4.74 Å². The lowest BCUT2D eigenvalue weighted by Crippen LogP contribution is -2.22. The lowest BCUT2D eigenvalue weighted by molar-refractivity contribution is -0.120. The molecule has 122 valence electrons.